The first kappa shape index (κ1) is 15.2. The molecule has 0 aliphatic carbocycles. The number of aryl methyl sites for hydroxylation is 2. The zero-order chi connectivity index (χ0) is 16.4. The van der Waals surface area contributed by atoms with Gasteiger partial charge in [-0.3, -0.25) is 4.79 Å². The van der Waals surface area contributed by atoms with Gasteiger partial charge in [-0.2, -0.15) is 0 Å². The van der Waals surface area contributed by atoms with Crippen molar-refractivity contribution >= 4 is 10.9 Å². The van der Waals surface area contributed by atoms with Crippen molar-refractivity contribution in [3.05, 3.63) is 34.6 Å². The zero-order valence-electron chi connectivity index (χ0n) is 13.5. The Labute approximate surface area is 133 Å². The van der Waals surface area contributed by atoms with Crippen molar-refractivity contribution in [3.8, 4) is 17.1 Å². The van der Waals surface area contributed by atoms with Crippen LogP contribution in [-0.4, -0.2) is 31.4 Å². The molecule has 0 unspecified atom stereocenters. The molecule has 1 aromatic carbocycles. The molecule has 0 spiro atoms. The summed E-state index contributed by atoms with van der Waals surface area (Å²) in [5.74, 6) is 1.23. The molecular weight excluding hydrogens is 294 g/mol. The van der Waals surface area contributed by atoms with Gasteiger partial charge in [-0.15, -0.1) is 5.10 Å². The van der Waals surface area contributed by atoms with E-state index >= 15 is 0 Å². The fourth-order valence-corrected chi connectivity index (χ4v) is 2.50. The highest BCUT2D eigenvalue weighted by molar-refractivity contribution is 5.84. The quantitative estimate of drug-likeness (QED) is 0.673. The van der Waals surface area contributed by atoms with Crippen LogP contribution >= 0.6 is 0 Å². The van der Waals surface area contributed by atoms with E-state index in [1.54, 1.807) is 19.3 Å². The van der Waals surface area contributed by atoms with Gasteiger partial charge in [0.05, 0.1) is 17.7 Å². The fourth-order valence-electron chi connectivity index (χ4n) is 2.50. The van der Waals surface area contributed by atoms with Gasteiger partial charge in [0, 0.05) is 31.7 Å². The number of benzene rings is 1. The van der Waals surface area contributed by atoms with Crippen LogP contribution in [-0.2, 0) is 14.1 Å². The molecule has 0 aliphatic rings. The Morgan fingerprint density at radius 3 is 2.78 bits per heavy atom. The standard InChI is InChI=1S/C16H19N5O2/c1-4-5-8-23-11-6-7-12-14(9-11)20(2)10-13(15(12)22)16-17-18-19-21(16)3/h6-7,9-10H,4-5,8H2,1-3H3. The van der Waals surface area contributed by atoms with Crippen LogP contribution in [0.2, 0.25) is 0 Å². The molecule has 0 saturated carbocycles. The predicted molar refractivity (Wildman–Crippen MR) is 87.4 cm³/mol. The summed E-state index contributed by atoms with van der Waals surface area (Å²) in [7, 11) is 3.61. The summed E-state index contributed by atoms with van der Waals surface area (Å²) in [4.78, 5) is 12.7. The highest BCUT2D eigenvalue weighted by Crippen LogP contribution is 2.21. The van der Waals surface area contributed by atoms with E-state index in [0.717, 1.165) is 24.1 Å². The van der Waals surface area contributed by atoms with Gasteiger partial charge in [0.25, 0.3) is 0 Å². The lowest BCUT2D eigenvalue weighted by molar-refractivity contribution is 0.309. The minimum atomic E-state index is -0.0869. The topological polar surface area (TPSA) is 74.8 Å². The number of unbranched alkanes of at least 4 members (excludes halogenated alkanes) is 1. The van der Waals surface area contributed by atoms with E-state index in [1.165, 1.54) is 4.68 Å². The number of ether oxygens (including phenoxy) is 1. The number of rotatable bonds is 5. The Balaban J connectivity index is 2.09. The Kier molecular flexibility index (Phi) is 4.10. The van der Waals surface area contributed by atoms with Gasteiger partial charge in [-0.05, 0) is 29.0 Å². The smallest absolute Gasteiger partial charge is 0.200 e. The third-order valence-corrected chi connectivity index (χ3v) is 3.79. The van der Waals surface area contributed by atoms with Gasteiger partial charge in [-0.1, -0.05) is 13.3 Å². The Hall–Kier alpha value is -2.70. The summed E-state index contributed by atoms with van der Waals surface area (Å²) >= 11 is 0. The van der Waals surface area contributed by atoms with Crippen LogP contribution in [0.3, 0.4) is 0 Å². The first-order valence-corrected chi connectivity index (χ1v) is 7.60. The number of aromatic nitrogens is 5. The zero-order valence-corrected chi connectivity index (χ0v) is 13.5. The molecule has 3 rings (SSSR count). The van der Waals surface area contributed by atoms with Crippen molar-refractivity contribution in [1.82, 2.24) is 24.8 Å². The van der Waals surface area contributed by atoms with Gasteiger partial charge >= 0.3 is 0 Å². The van der Waals surface area contributed by atoms with Crippen molar-refractivity contribution < 1.29 is 4.74 Å². The second kappa shape index (κ2) is 6.20. The molecule has 0 N–H and O–H groups in total. The first-order valence-electron chi connectivity index (χ1n) is 7.60. The third kappa shape index (κ3) is 2.81. The number of hydrogen-bond donors (Lipinski definition) is 0. The predicted octanol–water partition coefficient (Wildman–Crippen LogP) is 1.91. The fraction of sp³-hybridized carbons (Fsp3) is 0.375. The lowest BCUT2D eigenvalue weighted by Gasteiger charge is -2.11. The molecule has 7 heteroatoms. The van der Waals surface area contributed by atoms with Crippen molar-refractivity contribution in [3.63, 3.8) is 0 Å². The monoisotopic (exact) mass is 313 g/mol. The van der Waals surface area contributed by atoms with Crippen LogP contribution in [0.15, 0.2) is 29.2 Å². The van der Waals surface area contributed by atoms with Crippen LogP contribution in [0.5, 0.6) is 5.75 Å². The van der Waals surface area contributed by atoms with E-state index < -0.39 is 0 Å². The number of pyridine rings is 1. The number of hydrogen-bond acceptors (Lipinski definition) is 5. The largest absolute Gasteiger partial charge is 0.494 e. The Morgan fingerprint density at radius 2 is 2.09 bits per heavy atom. The molecule has 23 heavy (non-hydrogen) atoms. The van der Waals surface area contributed by atoms with Crippen molar-refractivity contribution in [2.24, 2.45) is 14.1 Å². The second-order valence-corrected chi connectivity index (χ2v) is 5.49. The van der Waals surface area contributed by atoms with E-state index in [2.05, 4.69) is 22.4 Å². The number of tetrazole rings is 1. The van der Waals surface area contributed by atoms with Gasteiger partial charge in [0.2, 0.25) is 0 Å². The van der Waals surface area contributed by atoms with Gasteiger partial charge < -0.3 is 9.30 Å². The summed E-state index contributed by atoms with van der Waals surface area (Å²) < 4.78 is 9.11. The summed E-state index contributed by atoms with van der Waals surface area (Å²) in [6.45, 7) is 2.80. The van der Waals surface area contributed by atoms with E-state index in [4.69, 9.17) is 4.74 Å². The molecule has 2 aromatic heterocycles. The number of nitrogens with zero attached hydrogens (tertiary/aromatic N) is 5. The van der Waals surface area contributed by atoms with E-state index in [0.29, 0.717) is 23.4 Å². The van der Waals surface area contributed by atoms with Crippen LogP contribution in [0.25, 0.3) is 22.3 Å². The normalized spacial score (nSPS) is 11.1. The molecule has 0 aliphatic heterocycles. The van der Waals surface area contributed by atoms with Crippen molar-refractivity contribution in [1.29, 1.82) is 0 Å². The summed E-state index contributed by atoms with van der Waals surface area (Å²) in [5, 5.41) is 11.9. The van der Waals surface area contributed by atoms with E-state index in [9.17, 15) is 4.79 Å². The van der Waals surface area contributed by atoms with Gasteiger partial charge in [0.1, 0.15) is 5.75 Å². The Bertz CT molecular complexity index is 897. The van der Waals surface area contributed by atoms with E-state index in [-0.39, 0.29) is 5.43 Å². The average Bonchev–Trinajstić information content (AvgIpc) is 2.97. The minimum Gasteiger partial charge on any atom is -0.494 e. The maximum absolute atomic E-state index is 12.7. The van der Waals surface area contributed by atoms with Crippen molar-refractivity contribution in [2.45, 2.75) is 19.8 Å². The van der Waals surface area contributed by atoms with Crippen molar-refractivity contribution in [2.75, 3.05) is 6.61 Å². The number of fused-ring (bicyclic) bond motifs is 1. The molecule has 2 heterocycles. The van der Waals surface area contributed by atoms with Gasteiger partial charge in [0.15, 0.2) is 11.3 Å². The van der Waals surface area contributed by atoms with E-state index in [1.807, 2.05) is 23.7 Å². The van der Waals surface area contributed by atoms with Gasteiger partial charge in [-0.25, -0.2) is 4.68 Å². The summed E-state index contributed by atoms with van der Waals surface area (Å²) in [6, 6.07) is 5.52. The first-order chi connectivity index (χ1) is 11.1. The lowest BCUT2D eigenvalue weighted by atomic mass is 10.1. The molecule has 0 bridgehead atoms. The molecule has 3 aromatic rings. The molecule has 0 amide bonds. The second-order valence-electron chi connectivity index (χ2n) is 5.49. The highest BCUT2D eigenvalue weighted by atomic mass is 16.5. The van der Waals surface area contributed by atoms with Crippen LogP contribution in [0, 0.1) is 0 Å². The molecular formula is C16H19N5O2. The minimum absolute atomic E-state index is 0.0869. The molecule has 7 nitrogen and oxygen atoms in total. The molecule has 120 valence electrons. The molecule has 0 fully saturated rings. The molecule has 0 saturated heterocycles. The van der Waals surface area contributed by atoms with Crippen LogP contribution in [0.4, 0.5) is 0 Å². The molecule has 0 atom stereocenters. The average molecular weight is 313 g/mol. The SMILES string of the molecule is CCCCOc1ccc2c(=O)c(-c3nnnn3C)cn(C)c2c1. The summed E-state index contributed by atoms with van der Waals surface area (Å²) in [5.41, 5.74) is 1.21. The maximum Gasteiger partial charge on any atom is 0.200 e. The Morgan fingerprint density at radius 1 is 1.26 bits per heavy atom. The third-order valence-electron chi connectivity index (χ3n) is 3.79. The molecule has 0 radical (unpaired) electrons. The van der Waals surface area contributed by atoms with Crippen LogP contribution < -0.4 is 10.2 Å². The lowest BCUT2D eigenvalue weighted by Crippen LogP contribution is -2.13. The highest BCUT2D eigenvalue weighted by Gasteiger charge is 2.14. The summed E-state index contributed by atoms with van der Waals surface area (Å²) in [6.07, 6.45) is 3.85. The maximum atomic E-state index is 12.7. The van der Waals surface area contributed by atoms with Crippen LogP contribution in [0.1, 0.15) is 19.8 Å².